The first-order valence-electron chi connectivity index (χ1n) is 10.2. The van der Waals surface area contributed by atoms with Crippen LogP contribution in [-0.4, -0.2) is 17.8 Å². The first-order valence-corrected chi connectivity index (χ1v) is 12.4. The van der Waals surface area contributed by atoms with Crippen molar-refractivity contribution in [2.45, 2.75) is 11.4 Å². The van der Waals surface area contributed by atoms with Crippen LogP contribution in [0.2, 0.25) is 0 Å². The highest BCUT2D eigenvalue weighted by Gasteiger charge is 2.22. The Morgan fingerprint density at radius 1 is 0.758 bits per heavy atom. The molecule has 0 unspecified atom stereocenters. The van der Waals surface area contributed by atoms with E-state index in [0.29, 0.717) is 11.1 Å². The quantitative estimate of drug-likeness (QED) is 0.260. The molecule has 0 aliphatic carbocycles. The maximum absolute atomic E-state index is 13.4. The van der Waals surface area contributed by atoms with Gasteiger partial charge in [0.15, 0.2) is 0 Å². The molecular formula is C27H20BrNO3S. The number of rotatable bonds is 5. The number of aromatic hydroxyl groups is 1. The van der Waals surface area contributed by atoms with Crippen molar-refractivity contribution in [2.75, 3.05) is 0 Å². The molecule has 33 heavy (non-hydrogen) atoms. The van der Waals surface area contributed by atoms with E-state index >= 15 is 0 Å². The summed E-state index contributed by atoms with van der Waals surface area (Å²) in [6.45, 7) is 0.102. The molecule has 4 nitrogen and oxygen atoms in total. The molecular weight excluding hydrogens is 498 g/mol. The third kappa shape index (κ3) is 5.28. The number of hydrogen-bond acceptors (Lipinski definition) is 3. The van der Waals surface area contributed by atoms with Crippen molar-refractivity contribution in [1.82, 2.24) is 4.31 Å². The van der Waals surface area contributed by atoms with Crippen LogP contribution in [0.1, 0.15) is 11.1 Å². The average Bonchev–Trinajstić information content (AvgIpc) is 2.83. The minimum Gasteiger partial charge on any atom is -0.507 e. The fraction of sp³-hybridized carbons (Fsp3) is 0.0370. The number of phenols is 1. The van der Waals surface area contributed by atoms with Crippen molar-refractivity contribution in [2.24, 2.45) is 0 Å². The summed E-state index contributed by atoms with van der Waals surface area (Å²) in [5.41, 5.74) is 2.79. The zero-order valence-electron chi connectivity index (χ0n) is 17.5. The fourth-order valence-electron chi connectivity index (χ4n) is 3.32. The Balaban J connectivity index is 1.78. The van der Waals surface area contributed by atoms with E-state index in [2.05, 4.69) is 27.9 Å². The maximum Gasteiger partial charge on any atom is 0.271 e. The molecule has 4 rings (SSSR count). The van der Waals surface area contributed by atoms with Crippen molar-refractivity contribution in [1.29, 1.82) is 0 Å². The molecule has 0 spiro atoms. The number of phenolic OH excluding ortho intramolecular Hbond substituents is 1. The van der Waals surface area contributed by atoms with Gasteiger partial charge >= 0.3 is 0 Å². The number of benzene rings is 4. The summed E-state index contributed by atoms with van der Waals surface area (Å²) in [7, 11) is -3.88. The fourth-order valence-corrected chi connectivity index (χ4v) is 4.80. The summed E-state index contributed by atoms with van der Waals surface area (Å²) in [6.07, 6.45) is 0. The van der Waals surface area contributed by atoms with E-state index in [1.54, 1.807) is 42.5 Å². The second-order valence-electron chi connectivity index (χ2n) is 7.25. The molecule has 0 radical (unpaired) electrons. The van der Waals surface area contributed by atoms with Crippen LogP contribution in [0, 0.1) is 12.0 Å². The molecule has 4 aromatic carbocycles. The van der Waals surface area contributed by atoms with Crippen molar-refractivity contribution in [3.63, 3.8) is 0 Å². The second kappa shape index (κ2) is 9.95. The van der Waals surface area contributed by atoms with Crippen molar-refractivity contribution in [3.05, 3.63) is 119 Å². The van der Waals surface area contributed by atoms with E-state index in [9.17, 15) is 13.5 Å². The van der Waals surface area contributed by atoms with E-state index in [0.717, 1.165) is 19.9 Å². The molecule has 0 saturated carbocycles. The molecule has 0 bridgehead atoms. The Hall–Kier alpha value is -3.53. The average molecular weight is 518 g/mol. The summed E-state index contributed by atoms with van der Waals surface area (Å²) < 4.78 is 28.8. The maximum atomic E-state index is 13.4. The van der Waals surface area contributed by atoms with Gasteiger partial charge in [0.05, 0.1) is 11.4 Å². The molecule has 0 saturated heterocycles. The molecule has 0 fully saturated rings. The lowest BCUT2D eigenvalue weighted by Crippen LogP contribution is -2.26. The van der Waals surface area contributed by atoms with Gasteiger partial charge in [-0.3, -0.25) is 0 Å². The van der Waals surface area contributed by atoms with E-state index < -0.39 is 10.0 Å². The summed E-state index contributed by atoms with van der Waals surface area (Å²) in [5.74, 6) is 3.16. The minimum absolute atomic E-state index is 0.102. The van der Waals surface area contributed by atoms with E-state index in [4.69, 9.17) is 0 Å². The van der Waals surface area contributed by atoms with Gasteiger partial charge in [0.2, 0.25) is 0 Å². The van der Waals surface area contributed by atoms with Crippen molar-refractivity contribution < 1.29 is 13.5 Å². The van der Waals surface area contributed by atoms with Crippen LogP contribution in [0.25, 0.3) is 11.1 Å². The minimum atomic E-state index is -3.88. The Kier molecular flexibility index (Phi) is 6.83. The Bertz CT molecular complexity index is 1420. The normalized spacial score (nSPS) is 10.8. The molecule has 0 amide bonds. The Morgan fingerprint density at radius 3 is 2.06 bits per heavy atom. The molecule has 0 aromatic heterocycles. The second-order valence-corrected chi connectivity index (χ2v) is 10.0. The third-order valence-electron chi connectivity index (χ3n) is 5.01. The molecule has 0 aliphatic heterocycles. The van der Waals surface area contributed by atoms with Gasteiger partial charge in [-0.15, -0.1) is 0 Å². The van der Waals surface area contributed by atoms with Gasteiger partial charge in [-0.2, -0.15) is 0 Å². The Labute approximate surface area is 202 Å². The zero-order valence-corrected chi connectivity index (χ0v) is 19.9. The van der Waals surface area contributed by atoms with Crippen LogP contribution >= 0.6 is 15.9 Å². The molecule has 1 N–H and O–H groups in total. The molecule has 4 aromatic rings. The van der Waals surface area contributed by atoms with Crippen molar-refractivity contribution in [3.8, 4) is 28.8 Å². The van der Waals surface area contributed by atoms with Crippen LogP contribution < -0.4 is 0 Å². The monoisotopic (exact) mass is 517 g/mol. The number of nitrogens with zero attached hydrogens (tertiary/aromatic N) is 1. The third-order valence-corrected chi connectivity index (χ3v) is 7.20. The zero-order chi connectivity index (χ0) is 23.3. The first kappa shape index (κ1) is 22.7. The molecule has 164 valence electrons. The highest BCUT2D eigenvalue weighted by atomic mass is 79.9. The first-order chi connectivity index (χ1) is 15.9. The highest BCUT2D eigenvalue weighted by Crippen LogP contribution is 2.31. The number of halogens is 1. The lowest BCUT2D eigenvalue weighted by molar-refractivity contribution is 0.477. The summed E-state index contributed by atoms with van der Waals surface area (Å²) in [6, 6.07) is 33.0. The number of sulfonamides is 1. The molecule has 6 heteroatoms. The summed E-state index contributed by atoms with van der Waals surface area (Å²) in [5, 5.41) is 10.3. The van der Waals surface area contributed by atoms with Gasteiger partial charge in [-0.05, 0) is 47.9 Å². The smallest absolute Gasteiger partial charge is 0.271 e. The molecule has 0 heterocycles. The van der Waals surface area contributed by atoms with Crippen LogP contribution in [0.3, 0.4) is 0 Å². The highest BCUT2D eigenvalue weighted by molar-refractivity contribution is 9.10. The van der Waals surface area contributed by atoms with Gasteiger partial charge in [0.1, 0.15) is 5.75 Å². The topological polar surface area (TPSA) is 57.6 Å². The standard InChI is InChI=1S/C27H20BrNO3S/c28-23-14-16-24(17-15-23)33(31,32)29(20-21-8-2-1-3-9-21)19-18-22-10-4-5-11-25(22)26-12-6-7-13-27(26)30/h1-17,30H,20H2. The van der Waals surface area contributed by atoms with E-state index in [-0.39, 0.29) is 17.2 Å². The predicted molar refractivity (Wildman–Crippen MR) is 134 cm³/mol. The number of para-hydroxylation sites is 1. The lowest BCUT2D eigenvalue weighted by atomic mass is 9.99. The van der Waals surface area contributed by atoms with Crippen LogP contribution in [0.5, 0.6) is 5.75 Å². The van der Waals surface area contributed by atoms with Gasteiger partial charge in [-0.25, -0.2) is 12.7 Å². The van der Waals surface area contributed by atoms with Crippen LogP contribution in [0.15, 0.2) is 112 Å². The van der Waals surface area contributed by atoms with Gasteiger partial charge in [0, 0.05) is 27.2 Å². The van der Waals surface area contributed by atoms with E-state index in [1.165, 1.54) is 0 Å². The summed E-state index contributed by atoms with van der Waals surface area (Å²) in [4.78, 5) is 0.157. The largest absolute Gasteiger partial charge is 0.507 e. The van der Waals surface area contributed by atoms with Gasteiger partial charge in [-0.1, -0.05) is 82.7 Å². The molecule has 0 atom stereocenters. The molecule has 0 aliphatic rings. The Morgan fingerprint density at radius 2 is 1.36 bits per heavy atom. The van der Waals surface area contributed by atoms with Gasteiger partial charge in [0.25, 0.3) is 10.0 Å². The summed E-state index contributed by atoms with van der Waals surface area (Å²) >= 11 is 3.34. The van der Waals surface area contributed by atoms with Crippen LogP contribution in [0.4, 0.5) is 0 Å². The van der Waals surface area contributed by atoms with Crippen LogP contribution in [-0.2, 0) is 16.6 Å². The lowest BCUT2D eigenvalue weighted by Gasteiger charge is -2.18. The van der Waals surface area contributed by atoms with E-state index in [1.807, 2.05) is 60.7 Å². The van der Waals surface area contributed by atoms with Crippen molar-refractivity contribution >= 4 is 26.0 Å². The number of hydrogen-bond donors (Lipinski definition) is 1. The van der Waals surface area contributed by atoms with Gasteiger partial charge < -0.3 is 5.11 Å². The SMILES string of the molecule is O=S(=O)(c1ccc(Br)cc1)N(C#Cc1ccccc1-c1ccccc1O)Cc1ccccc1. The predicted octanol–water partition coefficient (Wildman–Crippen LogP) is 6.02.